The second-order valence-electron chi connectivity index (χ2n) is 1.09. The van der Waals surface area contributed by atoms with Crippen molar-refractivity contribution < 1.29 is 0 Å². The van der Waals surface area contributed by atoms with E-state index < -0.39 is 0 Å². The Morgan fingerprint density at radius 2 is 2.50 bits per heavy atom. The second kappa shape index (κ2) is 1.05. The van der Waals surface area contributed by atoms with E-state index in [0.29, 0.717) is 0 Å². The first-order valence-corrected chi connectivity index (χ1v) is 1.72. The number of allylic oxidation sites excluding steroid dienone is 1. The SMILES string of the molecule is NC1=C[N]C=C1. The highest BCUT2D eigenvalue weighted by Crippen LogP contribution is 1.90. The lowest BCUT2D eigenvalue weighted by Gasteiger charge is -1.73. The van der Waals surface area contributed by atoms with Crippen molar-refractivity contribution in [3.8, 4) is 0 Å². The van der Waals surface area contributed by atoms with Crippen LogP contribution in [0.1, 0.15) is 0 Å². The highest BCUT2D eigenvalue weighted by molar-refractivity contribution is 5.19. The molecule has 31 valence electrons. The van der Waals surface area contributed by atoms with Crippen molar-refractivity contribution in [1.29, 1.82) is 0 Å². The number of nitrogens with two attached hydrogens (primary N) is 1. The fraction of sp³-hybridized carbons (Fsp3) is 0. The molecule has 6 heavy (non-hydrogen) atoms. The number of nitrogens with zero attached hydrogens (tertiary/aromatic N) is 1. The van der Waals surface area contributed by atoms with E-state index >= 15 is 0 Å². The Morgan fingerprint density at radius 3 is 2.67 bits per heavy atom. The van der Waals surface area contributed by atoms with Gasteiger partial charge in [0.05, 0.1) is 5.70 Å². The third-order valence-electron chi connectivity index (χ3n) is 0.577. The molecule has 1 rings (SSSR count). The lowest BCUT2D eigenvalue weighted by atomic mass is 10.5. The van der Waals surface area contributed by atoms with E-state index in [2.05, 4.69) is 5.32 Å². The molecule has 0 fully saturated rings. The molecule has 2 heteroatoms. The van der Waals surface area contributed by atoms with E-state index in [1.165, 1.54) is 0 Å². The maximum Gasteiger partial charge on any atom is 0.0515 e. The molecule has 0 amide bonds. The minimum Gasteiger partial charge on any atom is -0.397 e. The quantitative estimate of drug-likeness (QED) is 0.435. The monoisotopic (exact) mass is 81.0 g/mol. The van der Waals surface area contributed by atoms with Crippen LogP contribution in [0.4, 0.5) is 0 Å². The molecule has 0 aliphatic carbocycles. The van der Waals surface area contributed by atoms with Gasteiger partial charge < -0.3 is 5.73 Å². The molecule has 2 nitrogen and oxygen atoms in total. The summed E-state index contributed by atoms with van der Waals surface area (Å²) in [6.45, 7) is 0. The zero-order valence-corrected chi connectivity index (χ0v) is 3.26. The average Bonchev–Trinajstić information content (AvgIpc) is 1.86. The smallest absolute Gasteiger partial charge is 0.0515 e. The number of rotatable bonds is 0. The molecule has 0 atom stereocenters. The van der Waals surface area contributed by atoms with Crippen molar-refractivity contribution >= 4 is 0 Å². The molecule has 1 heterocycles. The van der Waals surface area contributed by atoms with Gasteiger partial charge in [-0.1, -0.05) is 0 Å². The van der Waals surface area contributed by atoms with E-state index in [4.69, 9.17) is 5.73 Å². The van der Waals surface area contributed by atoms with Gasteiger partial charge in [0.1, 0.15) is 0 Å². The topological polar surface area (TPSA) is 40.1 Å². The summed E-state index contributed by atoms with van der Waals surface area (Å²) in [6, 6.07) is 0. The van der Waals surface area contributed by atoms with Crippen molar-refractivity contribution in [3.05, 3.63) is 24.2 Å². The molecule has 0 spiro atoms. The summed E-state index contributed by atoms with van der Waals surface area (Å²) in [6.07, 6.45) is 5.02. The van der Waals surface area contributed by atoms with E-state index in [9.17, 15) is 0 Å². The maximum atomic E-state index is 5.22. The summed E-state index contributed by atoms with van der Waals surface area (Å²) < 4.78 is 0. The Bertz CT molecular complexity index is 99.4. The van der Waals surface area contributed by atoms with Gasteiger partial charge in [0, 0.05) is 12.4 Å². The van der Waals surface area contributed by atoms with Crippen LogP contribution in [0.5, 0.6) is 0 Å². The normalized spacial score (nSPS) is 17.0. The fourth-order valence-corrected chi connectivity index (χ4v) is 0.301. The van der Waals surface area contributed by atoms with Gasteiger partial charge in [0.25, 0.3) is 0 Å². The van der Waals surface area contributed by atoms with Crippen molar-refractivity contribution in [2.75, 3.05) is 0 Å². The number of hydrogen-bond donors (Lipinski definition) is 1. The molecule has 0 bridgehead atoms. The van der Waals surface area contributed by atoms with Crippen LogP contribution >= 0.6 is 0 Å². The Morgan fingerprint density at radius 1 is 1.67 bits per heavy atom. The predicted octanol–water partition coefficient (Wildman–Crippen LogP) is -0.0818. The van der Waals surface area contributed by atoms with Gasteiger partial charge in [-0.2, -0.15) is 0 Å². The minimum atomic E-state index is 0.731. The molecule has 1 radical (unpaired) electrons. The molecule has 1 aliphatic rings. The van der Waals surface area contributed by atoms with Gasteiger partial charge >= 0.3 is 0 Å². The average molecular weight is 81.1 g/mol. The first-order chi connectivity index (χ1) is 2.89. The molecule has 1 aliphatic heterocycles. The van der Waals surface area contributed by atoms with Gasteiger partial charge in [-0.3, -0.25) is 5.32 Å². The Labute approximate surface area is 36.3 Å². The summed E-state index contributed by atoms with van der Waals surface area (Å²) in [4.78, 5) is 0. The Balaban J connectivity index is 2.68. The minimum absolute atomic E-state index is 0.731. The molecule has 0 saturated heterocycles. The molecule has 0 unspecified atom stereocenters. The van der Waals surface area contributed by atoms with Crippen LogP contribution in [0.2, 0.25) is 0 Å². The fourth-order valence-electron chi connectivity index (χ4n) is 0.301. The van der Waals surface area contributed by atoms with Crippen LogP contribution in [0, 0.1) is 0 Å². The summed E-state index contributed by atoms with van der Waals surface area (Å²) in [5.74, 6) is 0. The molecule has 2 N–H and O–H groups in total. The molecule has 0 aromatic heterocycles. The van der Waals surface area contributed by atoms with Crippen LogP contribution in [-0.2, 0) is 0 Å². The molecular weight excluding hydrogens is 76.1 g/mol. The summed E-state index contributed by atoms with van der Waals surface area (Å²) in [5, 5.41) is 3.70. The van der Waals surface area contributed by atoms with Crippen molar-refractivity contribution in [3.63, 3.8) is 0 Å². The van der Waals surface area contributed by atoms with Crippen molar-refractivity contribution in [2.24, 2.45) is 5.73 Å². The van der Waals surface area contributed by atoms with E-state index in [0.717, 1.165) is 5.70 Å². The zero-order chi connectivity index (χ0) is 4.41. The molecule has 0 saturated carbocycles. The third-order valence-corrected chi connectivity index (χ3v) is 0.577. The van der Waals surface area contributed by atoms with E-state index in [1.807, 2.05) is 0 Å². The highest BCUT2D eigenvalue weighted by atomic mass is 14.8. The third kappa shape index (κ3) is 0.360. The van der Waals surface area contributed by atoms with Crippen LogP contribution in [0.25, 0.3) is 0 Å². The van der Waals surface area contributed by atoms with Crippen LogP contribution in [0.3, 0.4) is 0 Å². The molecular formula is C4H5N2. The lowest BCUT2D eigenvalue weighted by Crippen LogP contribution is -1.88. The highest BCUT2D eigenvalue weighted by Gasteiger charge is 1.85. The summed E-state index contributed by atoms with van der Waals surface area (Å²) >= 11 is 0. The Hall–Kier alpha value is -0.920. The van der Waals surface area contributed by atoms with E-state index in [-0.39, 0.29) is 0 Å². The second-order valence-corrected chi connectivity index (χ2v) is 1.09. The van der Waals surface area contributed by atoms with Gasteiger partial charge in [0.15, 0.2) is 0 Å². The van der Waals surface area contributed by atoms with Gasteiger partial charge in [-0.15, -0.1) is 0 Å². The first-order valence-electron chi connectivity index (χ1n) is 1.72. The summed E-state index contributed by atoms with van der Waals surface area (Å²) in [7, 11) is 0. The Kier molecular flexibility index (Phi) is 0.572. The van der Waals surface area contributed by atoms with Crippen LogP contribution in [-0.4, -0.2) is 0 Å². The summed E-state index contributed by atoms with van der Waals surface area (Å²) in [5.41, 5.74) is 5.95. The maximum absolute atomic E-state index is 5.22. The van der Waals surface area contributed by atoms with Gasteiger partial charge in [-0.05, 0) is 6.08 Å². The number of hydrogen-bond acceptors (Lipinski definition) is 1. The van der Waals surface area contributed by atoms with E-state index in [1.54, 1.807) is 18.5 Å². The van der Waals surface area contributed by atoms with Crippen LogP contribution in [0.15, 0.2) is 24.2 Å². The van der Waals surface area contributed by atoms with Crippen LogP contribution < -0.4 is 11.1 Å². The van der Waals surface area contributed by atoms with Crippen molar-refractivity contribution in [2.45, 2.75) is 0 Å². The largest absolute Gasteiger partial charge is 0.397 e. The molecule has 0 aromatic carbocycles. The first kappa shape index (κ1) is 3.28. The standard InChI is InChI=1S/C4H5N2/c5-4-1-2-6-3-4/h1-3H,5H2. The predicted molar refractivity (Wildman–Crippen MR) is 23.5 cm³/mol. The zero-order valence-electron chi connectivity index (χ0n) is 3.26. The lowest BCUT2D eigenvalue weighted by molar-refractivity contribution is 1.19. The van der Waals surface area contributed by atoms with Gasteiger partial charge in [0.2, 0.25) is 0 Å². The van der Waals surface area contributed by atoms with Crippen molar-refractivity contribution in [1.82, 2.24) is 5.32 Å². The molecule has 0 aromatic rings. The van der Waals surface area contributed by atoms with Gasteiger partial charge in [-0.25, -0.2) is 0 Å².